The maximum absolute atomic E-state index is 13.0. The van der Waals surface area contributed by atoms with Crippen molar-refractivity contribution >= 4 is 33.3 Å². The van der Waals surface area contributed by atoms with Crippen LogP contribution in [0.3, 0.4) is 0 Å². The quantitative estimate of drug-likeness (QED) is 0.615. The SMILES string of the molecule is CCCCCCn1c(=O)c(C(=O)Nc2nccs2)c(O)c2ccccc21. The highest BCUT2D eigenvalue weighted by molar-refractivity contribution is 7.13. The molecule has 2 N–H and O–H groups in total. The molecule has 0 saturated carbocycles. The van der Waals surface area contributed by atoms with Gasteiger partial charge in [-0.1, -0.05) is 38.3 Å². The lowest BCUT2D eigenvalue weighted by atomic mass is 10.1. The van der Waals surface area contributed by atoms with Crippen LogP contribution in [0.15, 0.2) is 40.6 Å². The van der Waals surface area contributed by atoms with Gasteiger partial charge in [-0.05, 0) is 18.6 Å². The summed E-state index contributed by atoms with van der Waals surface area (Å²) in [5.41, 5.74) is -0.0848. The summed E-state index contributed by atoms with van der Waals surface area (Å²) in [5, 5.41) is 15.8. The van der Waals surface area contributed by atoms with Gasteiger partial charge in [0.25, 0.3) is 11.5 Å². The van der Waals surface area contributed by atoms with Crippen molar-refractivity contribution in [3.8, 4) is 5.75 Å². The van der Waals surface area contributed by atoms with Gasteiger partial charge in [0, 0.05) is 23.5 Å². The maximum atomic E-state index is 13.0. The first kappa shape index (κ1) is 18.1. The summed E-state index contributed by atoms with van der Waals surface area (Å²) in [4.78, 5) is 29.6. The van der Waals surface area contributed by atoms with Crippen LogP contribution in [0.1, 0.15) is 43.0 Å². The van der Waals surface area contributed by atoms with Gasteiger partial charge in [-0.2, -0.15) is 0 Å². The Labute approximate surface area is 155 Å². The first-order valence-electron chi connectivity index (χ1n) is 8.68. The van der Waals surface area contributed by atoms with Crippen molar-refractivity contribution in [2.45, 2.75) is 39.2 Å². The Hall–Kier alpha value is -2.67. The molecule has 26 heavy (non-hydrogen) atoms. The lowest BCUT2D eigenvalue weighted by Gasteiger charge is -2.14. The Kier molecular flexibility index (Phi) is 5.68. The van der Waals surface area contributed by atoms with E-state index in [0.717, 1.165) is 25.7 Å². The van der Waals surface area contributed by atoms with Crippen LogP contribution in [0.25, 0.3) is 10.9 Å². The second kappa shape index (κ2) is 8.14. The van der Waals surface area contributed by atoms with Gasteiger partial charge in [0.15, 0.2) is 5.13 Å². The molecule has 0 bridgehead atoms. The number of fused-ring (bicyclic) bond motifs is 1. The minimum Gasteiger partial charge on any atom is -0.506 e. The van der Waals surface area contributed by atoms with Gasteiger partial charge in [-0.15, -0.1) is 11.3 Å². The lowest BCUT2D eigenvalue weighted by Crippen LogP contribution is -2.30. The number of hydrogen-bond acceptors (Lipinski definition) is 5. The number of benzene rings is 1. The Balaban J connectivity index is 2.04. The number of pyridine rings is 1. The van der Waals surface area contributed by atoms with E-state index in [0.29, 0.717) is 22.6 Å². The van der Waals surface area contributed by atoms with Gasteiger partial charge in [0.05, 0.1) is 5.52 Å². The molecule has 0 aliphatic heterocycles. The molecule has 0 unspecified atom stereocenters. The molecule has 3 aromatic rings. The van der Waals surface area contributed by atoms with Crippen molar-refractivity contribution in [3.05, 3.63) is 51.8 Å². The van der Waals surface area contributed by atoms with Crippen LogP contribution in [0, 0.1) is 0 Å². The molecular weight excluding hydrogens is 350 g/mol. The molecule has 0 fully saturated rings. The fraction of sp³-hybridized carbons (Fsp3) is 0.316. The molecule has 0 saturated heterocycles. The molecule has 0 atom stereocenters. The molecule has 1 aromatic carbocycles. The average Bonchev–Trinajstić information content (AvgIpc) is 3.14. The van der Waals surface area contributed by atoms with Gasteiger partial charge < -0.3 is 9.67 Å². The molecule has 2 aromatic heterocycles. The van der Waals surface area contributed by atoms with Crippen LogP contribution in [0.5, 0.6) is 5.75 Å². The molecule has 2 heterocycles. The number of nitrogens with one attached hydrogen (secondary N) is 1. The largest absolute Gasteiger partial charge is 0.506 e. The van der Waals surface area contributed by atoms with E-state index < -0.39 is 11.5 Å². The van der Waals surface area contributed by atoms with E-state index in [9.17, 15) is 14.7 Å². The number of anilines is 1. The Morgan fingerprint density at radius 1 is 1.27 bits per heavy atom. The highest BCUT2D eigenvalue weighted by Gasteiger charge is 2.22. The summed E-state index contributed by atoms with van der Waals surface area (Å²) in [6.45, 7) is 2.64. The topological polar surface area (TPSA) is 84.2 Å². The number of carbonyl (C=O) groups is 1. The van der Waals surface area contributed by atoms with Crippen molar-refractivity contribution in [3.63, 3.8) is 0 Å². The highest BCUT2D eigenvalue weighted by atomic mass is 32.1. The number of amides is 1. The fourth-order valence-corrected chi connectivity index (χ4v) is 3.48. The van der Waals surface area contributed by atoms with Gasteiger partial charge in [-0.3, -0.25) is 14.9 Å². The number of thiazole rings is 1. The van der Waals surface area contributed by atoms with E-state index in [-0.39, 0.29) is 11.3 Å². The van der Waals surface area contributed by atoms with Crippen molar-refractivity contribution < 1.29 is 9.90 Å². The predicted octanol–water partition coefficient (Wildman–Crippen LogP) is 4.00. The van der Waals surface area contributed by atoms with Gasteiger partial charge >= 0.3 is 0 Å². The smallest absolute Gasteiger partial charge is 0.267 e. The predicted molar refractivity (Wildman–Crippen MR) is 104 cm³/mol. The number of hydrogen-bond donors (Lipinski definition) is 2. The summed E-state index contributed by atoms with van der Waals surface area (Å²) in [5.74, 6) is -0.931. The first-order valence-corrected chi connectivity index (χ1v) is 9.56. The first-order chi connectivity index (χ1) is 12.6. The van der Waals surface area contributed by atoms with Crippen LogP contribution < -0.4 is 10.9 Å². The zero-order chi connectivity index (χ0) is 18.5. The maximum Gasteiger partial charge on any atom is 0.267 e. The van der Waals surface area contributed by atoms with Crippen molar-refractivity contribution in [2.24, 2.45) is 0 Å². The summed E-state index contributed by atoms with van der Waals surface area (Å²) < 4.78 is 1.58. The number of aromatic hydroxyl groups is 1. The van der Waals surface area contributed by atoms with Crippen LogP contribution in [-0.2, 0) is 6.54 Å². The molecule has 136 valence electrons. The summed E-state index contributed by atoms with van der Waals surface area (Å²) in [7, 11) is 0. The van der Waals surface area contributed by atoms with Crippen molar-refractivity contribution in [1.29, 1.82) is 0 Å². The van der Waals surface area contributed by atoms with E-state index in [1.807, 2.05) is 6.07 Å². The summed E-state index contributed by atoms with van der Waals surface area (Å²) in [6, 6.07) is 7.10. The van der Waals surface area contributed by atoms with E-state index in [1.165, 1.54) is 11.3 Å². The number of aryl methyl sites for hydroxylation is 1. The van der Waals surface area contributed by atoms with Gasteiger partial charge in [0.2, 0.25) is 0 Å². The van der Waals surface area contributed by atoms with E-state index >= 15 is 0 Å². The third kappa shape index (κ3) is 3.62. The minimum absolute atomic E-state index is 0.241. The monoisotopic (exact) mass is 371 g/mol. The molecule has 1 amide bonds. The summed E-state index contributed by atoms with van der Waals surface area (Å²) in [6.07, 6.45) is 5.62. The number of unbranched alkanes of at least 4 members (excludes halogenated alkanes) is 3. The highest BCUT2D eigenvalue weighted by Crippen LogP contribution is 2.27. The Bertz CT molecular complexity index is 964. The third-order valence-corrected chi connectivity index (χ3v) is 4.95. The number of carbonyl (C=O) groups excluding carboxylic acids is 1. The minimum atomic E-state index is -0.643. The number of nitrogens with zero attached hydrogens (tertiary/aromatic N) is 2. The van der Waals surface area contributed by atoms with Crippen LogP contribution in [0.2, 0.25) is 0 Å². The molecule has 7 heteroatoms. The normalized spacial score (nSPS) is 11.0. The third-order valence-electron chi connectivity index (χ3n) is 4.26. The molecule has 6 nitrogen and oxygen atoms in total. The Morgan fingerprint density at radius 3 is 2.81 bits per heavy atom. The molecule has 3 rings (SSSR count). The van der Waals surface area contributed by atoms with Crippen molar-refractivity contribution in [1.82, 2.24) is 9.55 Å². The standard InChI is InChI=1S/C19H21N3O3S/c1-2-3-4-7-11-22-14-9-6-5-8-13(14)16(23)15(18(22)25)17(24)21-19-20-10-12-26-19/h5-6,8-10,12,23H,2-4,7,11H2,1H3,(H,20,21,24). The van der Waals surface area contributed by atoms with E-state index in [4.69, 9.17) is 0 Å². The molecule has 0 aliphatic carbocycles. The Morgan fingerprint density at radius 2 is 2.08 bits per heavy atom. The van der Waals surface area contributed by atoms with Gasteiger partial charge in [0.1, 0.15) is 11.3 Å². The van der Waals surface area contributed by atoms with Crippen molar-refractivity contribution in [2.75, 3.05) is 5.32 Å². The second-order valence-corrected chi connectivity index (χ2v) is 6.94. The number of rotatable bonds is 7. The number of para-hydroxylation sites is 1. The fourth-order valence-electron chi connectivity index (χ4n) is 2.96. The van der Waals surface area contributed by atoms with E-state index in [1.54, 1.807) is 34.3 Å². The second-order valence-electron chi connectivity index (χ2n) is 6.05. The zero-order valence-corrected chi connectivity index (χ0v) is 15.4. The van der Waals surface area contributed by atoms with E-state index in [2.05, 4.69) is 17.2 Å². The molecular formula is C19H21N3O3S. The lowest BCUT2D eigenvalue weighted by molar-refractivity contribution is 0.102. The summed E-state index contributed by atoms with van der Waals surface area (Å²) >= 11 is 1.25. The van der Waals surface area contributed by atoms with Gasteiger partial charge in [-0.25, -0.2) is 4.98 Å². The van der Waals surface area contributed by atoms with Crippen LogP contribution in [-0.4, -0.2) is 20.6 Å². The van der Waals surface area contributed by atoms with Crippen LogP contribution in [0.4, 0.5) is 5.13 Å². The molecule has 0 spiro atoms. The average molecular weight is 371 g/mol. The molecule has 0 radical (unpaired) electrons. The zero-order valence-electron chi connectivity index (χ0n) is 14.6. The van der Waals surface area contributed by atoms with Crippen LogP contribution >= 0.6 is 11.3 Å². The molecule has 0 aliphatic rings. The number of aromatic nitrogens is 2.